The van der Waals surface area contributed by atoms with Crippen molar-refractivity contribution < 1.29 is 9.18 Å². The molecule has 1 aliphatic rings. The van der Waals surface area contributed by atoms with Gasteiger partial charge < -0.3 is 4.90 Å². The Balaban J connectivity index is 2.08. The van der Waals surface area contributed by atoms with E-state index in [-0.39, 0.29) is 11.7 Å². The normalized spacial score (nSPS) is 19.5. The standard InChI is InChI=1S/C14H16BrClFNO/c15-12-8-11(3-4-13(12)17)14(19)18-7-1-2-10(9-18)5-6-16/h3-4,8,10H,1-2,5-7,9H2. The third-order valence-electron chi connectivity index (χ3n) is 3.49. The van der Waals surface area contributed by atoms with Crippen LogP contribution in [0.3, 0.4) is 0 Å². The van der Waals surface area contributed by atoms with Crippen molar-refractivity contribution in [1.82, 2.24) is 4.90 Å². The SMILES string of the molecule is O=C(c1ccc(F)c(Br)c1)N1CCCC(CCCl)C1. The third-order valence-corrected chi connectivity index (χ3v) is 4.32. The minimum atomic E-state index is -0.352. The molecule has 0 saturated carbocycles. The van der Waals surface area contributed by atoms with Crippen LogP contribution in [0.15, 0.2) is 22.7 Å². The fourth-order valence-corrected chi connectivity index (χ4v) is 3.14. The van der Waals surface area contributed by atoms with Gasteiger partial charge in [-0.15, -0.1) is 11.6 Å². The zero-order valence-corrected chi connectivity index (χ0v) is 12.9. The lowest BCUT2D eigenvalue weighted by Gasteiger charge is -2.32. The maximum Gasteiger partial charge on any atom is 0.253 e. The molecular weight excluding hydrogens is 333 g/mol. The Kier molecular flexibility index (Phi) is 5.22. The first-order valence-corrected chi connectivity index (χ1v) is 7.75. The van der Waals surface area contributed by atoms with Gasteiger partial charge in [-0.05, 0) is 59.3 Å². The number of carbonyl (C=O) groups excluding carboxylic acids is 1. The molecule has 0 aromatic heterocycles. The number of hydrogen-bond donors (Lipinski definition) is 0. The highest BCUT2D eigenvalue weighted by atomic mass is 79.9. The van der Waals surface area contributed by atoms with E-state index in [4.69, 9.17) is 11.6 Å². The molecule has 1 aliphatic heterocycles. The molecule has 0 spiro atoms. The largest absolute Gasteiger partial charge is 0.338 e. The number of hydrogen-bond acceptors (Lipinski definition) is 1. The molecule has 2 rings (SSSR count). The Morgan fingerprint density at radius 1 is 1.53 bits per heavy atom. The van der Waals surface area contributed by atoms with Gasteiger partial charge in [-0.3, -0.25) is 4.79 Å². The highest BCUT2D eigenvalue weighted by Gasteiger charge is 2.24. The topological polar surface area (TPSA) is 20.3 Å². The monoisotopic (exact) mass is 347 g/mol. The summed E-state index contributed by atoms with van der Waals surface area (Å²) in [6.07, 6.45) is 3.08. The molecule has 1 fully saturated rings. The van der Waals surface area contributed by atoms with Crippen LogP contribution in [0, 0.1) is 11.7 Å². The van der Waals surface area contributed by atoms with Crippen LogP contribution < -0.4 is 0 Å². The van der Waals surface area contributed by atoms with E-state index < -0.39 is 0 Å². The van der Waals surface area contributed by atoms with Gasteiger partial charge >= 0.3 is 0 Å². The maximum atomic E-state index is 13.2. The molecule has 104 valence electrons. The van der Waals surface area contributed by atoms with Gasteiger partial charge in [0.15, 0.2) is 0 Å². The number of amides is 1. The van der Waals surface area contributed by atoms with Gasteiger partial charge in [-0.1, -0.05) is 0 Å². The first-order chi connectivity index (χ1) is 9.11. The minimum absolute atomic E-state index is 0.0278. The summed E-state index contributed by atoms with van der Waals surface area (Å²) in [7, 11) is 0. The number of carbonyl (C=O) groups is 1. The molecule has 1 amide bonds. The van der Waals surface area contributed by atoms with E-state index >= 15 is 0 Å². The molecule has 0 radical (unpaired) electrons. The van der Waals surface area contributed by atoms with E-state index in [1.807, 2.05) is 4.90 Å². The second-order valence-corrected chi connectivity index (χ2v) is 6.10. The molecule has 1 aromatic rings. The lowest BCUT2D eigenvalue weighted by Crippen LogP contribution is -2.40. The van der Waals surface area contributed by atoms with Crippen LogP contribution in [0.1, 0.15) is 29.6 Å². The Labute approximate surface area is 126 Å². The van der Waals surface area contributed by atoms with Crippen LogP contribution in [-0.2, 0) is 0 Å². The third kappa shape index (κ3) is 3.69. The summed E-state index contributed by atoms with van der Waals surface area (Å²) in [5, 5.41) is 0. The Morgan fingerprint density at radius 2 is 2.32 bits per heavy atom. The predicted octanol–water partition coefficient (Wildman–Crippen LogP) is 4.07. The highest BCUT2D eigenvalue weighted by molar-refractivity contribution is 9.10. The molecule has 19 heavy (non-hydrogen) atoms. The fourth-order valence-electron chi connectivity index (χ4n) is 2.45. The van der Waals surface area contributed by atoms with Gasteiger partial charge in [0.25, 0.3) is 5.91 Å². The molecule has 1 saturated heterocycles. The molecule has 0 bridgehead atoms. The van der Waals surface area contributed by atoms with E-state index in [2.05, 4.69) is 15.9 Å². The molecule has 5 heteroatoms. The quantitative estimate of drug-likeness (QED) is 0.754. The van der Waals surface area contributed by atoms with Gasteiger partial charge in [0.2, 0.25) is 0 Å². The number of rotatable bonds is 3. The summed E-state index contributed by atoms with van der Waals surface area (Å²) in [6, 6.07) is 4.40. The van der Waals surface area contributed by atoms with Crippen LogP contribution in [0.5, 0.6) is 0 Å². The van der Waals surface area contributed by atoms with Gasteiger partial charge in [-0.2, -0.15) is 0 Å². The lowest BCUT2D eigenvalue weighted by molar-refractivity contribution is 0.0671. The van der Waals surface area contributed by atoms with Crippen LogP contribution in [0.2, 0.25) is 0 Å². The zero-order chi connectivity index (χ0) is 13.8. The Bertz CT molecular complexity index is 467. The molecule has 1 aromatic carbocycles. The molecule has 1 heterocycles. The van der Waals surface area contributed by atoms with Gasteiger partial charge in [0.1, 0.15) is 5.82 Å². The average molecular weight is 349 g/mol. The van der Waals surface area contributed by atoms with Gasteiger partial charge in [0, 0.05) is 24.5 Å². The van der Waals surface area contributed by atoms with Crippen LogP contribution in [0.25, 0.3) is 0 Å². The molecular formula is C14H16BrClFNO. The first-order valence-electron chi connectivity index (χ1n) is 6.42. The van der Waals surface area contributed by atoms with Gasteiger partial charge in [-0.25, -0.2) is 4.39 Å². The van der Waals surface area contributed by atoms with Crippen molar-refractivity contribution in [3.05, 3.63) is 34.1 Å². The summed E-state index contributed by atoms with van der Waals surface area (Å²) < 4.78 is 13.5. The van der Waals surface area contributed by atoms with Crippen LogP contribution >= 0.6 is 27.5 Å². The minimum Gasteiger partial charge on any atom is -0.338 e. The lowest BCUT2D eigenvalue weighted by atomic mass is 9.95. The average Bonchev–Trinajstić information content (AvgIpc) is 2.42. The van der Waals surface area contributed by atoms with E-state index in [0.29, 0.717) is 21.8 Å². The zero-order valence-electron chi connectivity index (χ0n) is 10.5. The van der Waals surface area contributed by atoms with E-state index in [1.165, 1.54) is 12.1 Å². The van der Waals surface area contributed by atoms with Crippen molar-refractivity contribution >= 4 is 33.4 Å². The number of alkyl halides is 1. The van der Waals surface area contributed by atoms with Crippen molar-refractivity contribution in [3.8, 4) is 0 Å². The summed E-state index contributed by atoms with van der Waals surface area (Å²) in [5.74, 6) is 0.740. The van der Waals surface area contributed by atoms with Gasteiger partial charge in [0.05, 0.1) is 4.47 Å². The van der Waals surface area contributed by atoms with Crippen molar-refractivity contribution in [2.45, 2.75) is 19.3 Å². The smallest absolute Gasteiger partial charge is 0.253 e. The highest BCUT2D eigenvalue weighted by Crippen LogP contribution is 2.23. The summed E-state index contributed by atoms with van der Waals surface area (Å²) in [4.78, 5) is 14.2. The number of benzene rings is 1. The summed E-state index contributed by atoms with van der Waals surface area (Å²) in [6.45, 7) is 1.52. The Morgan fingerprint density at radius 3 is 3.00 bits per heavy atom. The number of halogens is 3. The number of nitrogens with zero attached hydrogens (tertiary/aromatic N) is 1. The van der Waals surface area contributed by atoms with Crippen molar-refractivity contribution in [3.63, 3.8) is 0 Å². The number of piperidine rings is 1. The second-order valence-electron chi connectivity index (χ2n) is 4.87. The van der Waals surface area contributed by atoms with Crippen molar-refractivity contribution in [1.29, 1.82) is 0 Å². The van der Waals surface area contributed by atoms with Crippen molar-refractivity contribution in [2.75, 3.05) is 19.0 Å². The van der Waals surface area contributed by atoms with Crippen LogP contribution in [0.4, 0.5) is 4.39 Å². The maximum absolute atomic E-state index is 13.2. The molecule has 0 N–H and O–H groups in total. The van der Waals surface area contributed by atoms with Crippen molar-refractivity contribution in [2.24, 2.45) is 5.92 Å². The van der Waals surface area contributed by atoms with E-state index in [1.54, 1.807) is 6.07 Å². The van der Waals surface area contributed by atoms with E-state index in [9.17, 15) is 9.18 Å². The van der Waals surface area contributed by atoms with Crippen LogP contribution in [-0.4, -0.2) is 29.8 Å². The summed E-state index contributed by atoms with van der Waals surface area (Å²) >= 11 is 8.88. The molecule has 0 aliphatic carbocycles. The molecule has 1 unspecified atom stereocenters. The van der Waals surface area contributed by atoms with E-state index in [0.717, 1.165) is 32.4 Å². The predicted molar refractivity (Wildman–Crippen MR) is 78.1 cm³/mol. The molecule has 1 atom stereocenters. The second kappa shape index (κ2) is 6.71. The first kappa shape index (κ1) is 14.8. The summed E-state index contributed by atoms with van der Waals surface area (Å²) in [5.41, 5.74) is 0.528. The Hall–Kier alpha value is -0.610. The fraction of sp³-hybridized carbons (Fsp3) is 0.500. The molecule has 2 nitrogen and oxygen atoms in total. The number of likely N-dealkylation sites (tertiary alicyclic amines) is 1.